The summed E-state index contributed by atoms with van der Waals surface area (Å²) in [5, 5.41) is 12.6. The normalized spacial score (nSPS) is 10.7. The highest BCUT2D eigenvalue weighted by molar-refractivity contribution is 7.00. The second-order valence-electron chi connectivity index (χ2n) is 4.23. The second-order valence-corrected chi connectivity index (χ2v) is 5.16. The van der Waals surface area contributed by atoms with E-state index in [4.69, 9.17) is 16.7 Å². The van der Waals surface area contributed by atoms with Gasteiger partial charge in [-0.05, 0) is 24.3 Å². The van der Waals surface area contributed by atoms with Gasteiger partial charge in [-0.25, -0.2) is 9.78 Å². The first-order valence-electron chi connectivity index (χ1n) is 5.99. The van der Waals surface area contributed by atoms with Crippen LogP contribution in [0, 0.1) is 0 Å². The van der Waals surface area contributed by atoms with Crippen LogP contribution >= 0.6 is 23.3 Å². The van der Waals surface area contributed by atoms with E-state index in [1.54, 1.807) is 24.3 Å². The van der Waals surface area contributed by atoms with Crippen LogP contribution in [0.2, 0.25) is 5.02 Å². The van der Waals surface area contributed by atoms with Gasteiger partial charge in [0.05, 0.1) is 34.7 Å². The number of pyridine rings is 1. The van der Waals surface area contributed by atoms with Crippen LogP contribution in [0.1, 0.15) is 16.2 Å². The summed E-state index contributed by atoms with van der Waals surface area (Å²) in [5.41, 5.74) is 2.74. The van der Waals surface area contributed by atoms with E-state index >= 15 is 0 Å². The zero-order chi connectivity index (χ0) is 14.8. The van der Waals surface area contributed by atoms with Crippen LogP contribution in [0.3, 0.4) is 0 Å². The number of carboxylic acid groups (broad SMARTS) is 1. The minimum atomic E-state index is -1.05. The number of hydrogen-bond acceptors (Lipinski definition) is 6. The fourth-order valence-corrected chi connectivity index (χ4v) is 2.63. The molecule has 0 spiro atoms. The van der Waals surface area contributed by atoms with Crippen LogP contribution in [0.25, 0.3) is 11.0 Å². The molecule has 0 bridgehead atoms. The summed E-state index contributed by atoms with van der Waals surface area (Å²) in [6, 6.07) is 8.39. The fraction of sp³-hybridized carbons (Fsp3) is 0.0769. The Balaban J connectivity index is 1.86. The van der Waals surface area contributed by atoms with E-state index in [1.807, 2.05) is 0 Å². The largest absolute Gasteiger partial charge is 0.477 e. The highest BCUT2D eigenvalue weighted by atomic mass is 35.5. The van der Waals surface area contributed by atoms with Gasteiger partial charge in [-0.3, -0.25) is 0 Å². The molecule has 8 heteroatoms. The SMILES string of the molecule is O=C(O)c1cccc(CNc2c(Cl)ccc3nsnc23)n1. The third-order valence-corrected chi connectivity index (χ3v) is 3.71. The topological polar surface area (TPSA) is 88.0 Å². The van der Waals surface area contributed by atoms with Crippen molar-refractivity contribution >= 4 is 46.0 Å². The third-order valence-electron chi connectivity index (χ3n) is 2.85. The highest BCUT2D eigenvalue weighted by Crippen LogP contribution is 2.30. The molecule has 0 unspecified atom stereocenters. The number of fused-ring (bicyclic) bond motifs is 1. The van der Waals surface area contributed by atoms with Crippen molar-refractivity contribution in [1.29, 1.82) is 0 Å². The molecule has 0 atom stereocenters. The molecular weight excluding hydrogens is 312 g/mol. The first kappa shape index (κ1) is 13.7. The Labute approximate surface area is 128 Å². The Hall–Kier alpha value is -2.25. The Morgan fingerprint density at radius 2 is 2.14 bits per heavy atom. The molecule has 21 heavy (non-hydrogen) atoms. The predicted octanol–water partition coefficient (Wildman–Crippen LogP) is 3.05. The summed E-state index contributed by atoms with van der Waals surface area (Å²) in [4.78, 5) is 14.9. The van der Waals surface area contributed by atoms with Gasteiger partial charge in [-0.1, -0.05) is 17.7 Å². The summed E-state index contributed by atoms with van der Waals surface area (Å²) >= 11 is 7.28. The van der Waals surface area contributed by atoms with E-state index in [1.165, 1.54) is 6.07 Å². The Bertz CT molecular complexity index is 821. The predicted molar refractivity (Wildman–Crippen MR) is 80.9 cm³/mol. The summed E-state index contributed by atoms with van der Waals surface area (Å²) in [6.07, 6.45) is 0. The van der Waals surface area contributed by atoms with E-state index in [0.29, 0.717) is 28.5 Å². The molecule has 0 aliphatic carbocycles. The summed E-state index contributed by atoms with van der Waals surface area (Å²) in [6.45, 7) is 0.345. The zero-order valence-corrected chi connectivity index (χ0v) is 12.1. The molecule has 2 heterocycles. The number of aromatic carboxylic acids is 1. The number of carbonyl (C=O) groups is 1. The summed E-state index contributed by atoms with van der Waals surface area (Å²) in [5.74, 6) is -1.05. The maximum Gasteiger partial charge on any atom is 0.354 e. The number of carboxylic acids is 1. The van der Waals surface area contributed by atoms with Gasteiger partial charge in [0.15, 0.2) is 0 Å². The number of nitrogens with one attached hydrogen (secondary N) is 1. The standard InChI is InChI=1S/C13H9ClN4O2S/c14-8-4-5-9-12(18-21-17-9)11(8)15-6-7-2-1-3-10(16-7)13(19)20/h1-5,15H,6H2,(H,19,20). The lowest BCUT2D eigenvalue weighted by Crippen LogP contribution is -2.07. The second kappa shape index (κ2) is 5.63. The number of halogens is 1. The molecule has 1 aromatic carbocycles. The maximum atomic E-state index is 10.9. The average molecular weight is 321 g/mol. The van der Waals surface area contributed by atoms with E-state index in [0.717, 1.165) is 17.2 Å². The first-order chi connectivity index (χ1) is 10.1. The molecule has 0 aliphatic rings. The number of anilines is 1. The van der Waals surface area contributed by atoms with Crippen molar-refractivity contribution in [1.82, 2.24) is 13.7 Å². The fourth-order valence-electron chi connectivity index (χ4n) is 1.87. The van der Waals surface area contributed by atoms with E-state index < -0.39 is 5.97 Å². The molecular formula is C13H9ClN4O2S. The number of benzene rings is 1. The smallest absolute Gasteiger partial charge is 0.354 e. The van der Waals surface area contributed by atoms with Crippen LogP contribution < -0.4 is 5.32 Å². The molecule has 2 aromatic heterocycles. The number of rotatable bonds is 4. The summed E-state index contributed by atoms with van der Waals surface area (Å²) in [7, 11) is 0. The van der Waals surface area contributed by atoms with Crippen molar-refractivity contribution in [3.8, 4) is 0 Å². The van der Waals surface area contributed by atoms with Gasteiger partial charge in [-0.15, -0.1) is 0 Å². The number of hydrogen-bond donors (Lipinski definition) is 2. The van der Waals surface area contributed by atoms with Crippen molar-refractivity contribution in [2.24, 2.45) is 0 Å². The lowest BCUT2D eigenvalue weighted by molar-refractivity contribution is 0.0690. The van der Waals surface area contributed by atoms with Gasteiger partial charge >= 0.3 is 5.97 Å². The van der Waals surface area contributed by atoms with Gasteiger partial charge < -0.3 is 10.4 Å². The van der Waals surface area contributed by atoms with Crippen LogP contribution in [0.4, 0.5) is 5.69 Å². The molecule has 0 aliphatic heterocycles. The van der Waals surface area contributed by atoms with Gasteiger partial charge in [-0.2, -0.15) is 8.75 Å². The molecule has 0 radical (unpaired) electrons. The minimum absolute atomic E-state index is 0.00827. The monoisotopic (exact) mass is 320 g/mol. The van der Waals surface area contributed by atoms with Crippen LogP contribution in [-0.2, 0) is 6.54 Å². The molecule has 0 saturated carbocycles. The first-order valence-corrected chi connectivity index (χ1v) is 7.10. The summed E-state index contributed by atoms with van der Waals surface area (Å²) < 4.78 is 8.36. The van der Waals surface area contributed by atoms with Crippen molar-refractivity contribution in [3.63, 3.8) is 0 Å². The van der Waals surface area contributed by atoms with Crippen molar-refractivity contribution in [3.05, 3.63) is 46.7 Å². The van der Waals surface area contributed by atoms with Crippen LogP contribution in [0.15, 0.2) is 30.3 Å². The third kappa shape index (κ3) is 2.79. The van der Waals surface area contributed by atoms with Crippen molar-refractivity contribution in [2.45, 2.75) is 6.54 Å². The lowest BCUT2D eigenvalue weighted by Gasteiger charge is -2.08. The Morgan fingerprint density at radius 1 is 1.29 bits per heavy atom. The Kier molecular flexibility index (Phi) is 3.68. The number of nitrogens with zero attached hydrogens (tertiary/aromatic N) is 3. The van der Waals surface area contributed by atoms with Crippen molar-refractivity contribution < 1.29 is 9.90 Å². The molecule has 106 valence electrons. The molecule has 3 aromatic rings. The maximum absolute atomic E-state index is 10.9. The zero-order valence-electron chi connectivity index (χ0n) is 10.6. The molecule has 3 rings (SSSR count). The van der Waals surface area contributed by atoms with Crippen LogP contribution in [0.5, 0.6) is 0 Å². The molecule has 6 nitrogen and oxygen atoms in total. The number of aromatic nitrogens is 3. The Morgan fingerprint density at radius 3 is 2.95 bits per heavy atom. The lowest BCUT2D eigenvalue weighted by atomic mass is 10.2. The quantitative estimate of drug-likeness (QED) is 0.768. The van der Waals surface area contributed by atoms with Crippen LogP contribution in [-0.4, -0.2) is 24.8 Å². The highest BCUT2D eigenvalue weighted by Gasteiger charge is 2.10. The average Bonchev–Trinajstić information content (AvgIpc) is 2.95. The molecule has 0 saturated heterocycles. The van der Waals surface area contributed by atoms with Gasteiger partial charge in [0.1, 0.15) is 16.7 Å². The van der Waals surface area contributed by atoms with Gasteiger partial charge in [0.25, 0.3) is 0 Å². The van der Waals surface area contributed by atoms with Gasteiger partial charge in [0.2, 0.25) is 0 Å². The van der Waals surface area contributed by atoms with E-state index in [9.17, 15) is 4.79 Å². The van der Waals surface area contributed by atoms with E-state index in [2.05, 4.69) is 19.0 Å². The molecule has 0 amide bonds. The van der Waals surface area contributed by atoms with Crippen molar-refractivity contribution in [2.75, 3.05) is 5.32 Å². The van der Waals surface area contributed by atoms with Gasteiger partial charge in [0, 0.05) is 0 Å². The minimum Gasteiger partial charge on any atom is -0.477 e. The molecule has 0 fully saturated rings. The van der Waals surface area contributed by atoms with E-state index in [-0.39, 0.29) is 5.69 Å². The molecule has 2 N–H and O–H groups in total.